The molecule has 1 aliphatic rings. The van der Waals surface area contributed by atoms with Gasteiger partial charge in [0.25, 0.3) is 5.91 Å². The first-order valence-corrected chi connectivity index (χ1v) is 11.8. The number of amides is 1. The van der Waals surface area contributed by atoms with Crippen molar-refractivity contribution >= 4 is 23.3 Å². The molecule has 0 saturated carbocycles. The highest BCUT2D eigenvalue weighted by Crippen LogP contribution is 2.34. The van der Waals surface area contributed by atoms with Crippen LogP contribution in [0.4, 0.5) is 5.82 Å². The van der Waals surface area contributed by atoms with Gasteiger partial charge in [0.15, 0.2) is 0 Å². The van der Waals surface area contributed by atoms with Crippen molar-refractivity contribution in [3.05, 3.63) is 59.1 Å². The Bertz CT molecular complexity index is 1160. The summed E-state index contributed by atoms with van der Waals surface area (Å²) < 4.78 is 0. The second-order valence-electron chi connectivity index (χ2n) is 8.51. The van der Waals surface area contributed by atoms with Crippen LogP contribution in [-0.4, -0.2) is 74.6 Å². The maximum absolute atomic E-state index is 13.1. The molecule has 0 aliphatic carbocycles. The second kappa shape index (κ2) is 10.5. The van der Waals surface area contributed by atoms with Crippen LogP contribution >= 0.6 is 11.6 Å². The zero-order chi connectivity index (χ0) is 24.2. The normalized spacial score (nSPS) is 15.4. The average molecular weight is 481 g/mol. The number of aliphatic hydroxyl groups excluding tert-OH is 1. The lowest BCUT2D eigenvalue weighted by atomic mass is 9.97. The third-order valence-electron chi connectivity index (χ3n) is 5.99. The topological polar surface area (TPSA) is 108 Å². The molecule has 9 heteroatoms. The fraction of sp³-hybridized carbons (Fsp3) is 0.360. The number of hydrogen-bond donors (Lipinski definition) is 2. The van der Waals surface area contributed by atoms with Crippen LogP contribution in [0.1, 0.15) is 29.9 Å². The van der Waals surface area contributed by atoms with E-state index in [4.69, 9.17) is 17.3 Å². The third-order valence-corrected chi connectivity index (χ3v) is 6.30. The molecule has 2 aromatic heterocycles. The van der Waals surface area contributed by atoms with Gasteiger partial charge in [-0.25, -0.2) is 15.0 Å². The van der Waals surface area contributed by atoms with E-state index in [1.54, 1.807) is 37.6 Å². The monoisotopic (exact) mass is 480 g/mol. The lowest BCUT2D eigenvalue weighted by Gasteiger charge is -2.35. The summed E-state index contributed by atoms with van der Waals surface area (Å²) in [5, 5.41) is 9.98. The zero-order valence-corrected chi connectivity index (χ0v) is 20.2. The van der Waals surface area contributed by atoms with E-state index < -0.39 is 0 Å². The third kappa shape index (κ3) is 5.19. The first-order valence-electron chi connectivity index (χ1n) is 11.4. The number of carbonyl (C=O) groups excluding carboxylic acids is 1. The molecule has 3 heterocycles. The van der Waals surface area contributed by atoms with Crippen LogP contribution in [0.2, 0.25) is 5.02 Å². The van der Waals surface area contributed by atoms with E-state index in [1.807, 2.05) is 24.0 Å². The summed E-state index contributed by atoms with van der Waals surface area (Å²) in [6.45, 7) is 7.08. The summed E-state index contributed by atoms with van der Waals surface area (Å²) in [6.07, 6.45) is 3.60. The van der Waals surface area contributed by atoms with Gasteiger partial charge in [-0.15, -0.1) is 0 Å². The molecule has 34 heavy (non-hydrogen) atoms. The van der Waals surface area contributed by atoms with E-state index in [2.05, 4.69) is 19.9 Å². The molecule has 0 spiro atoms. The number of nitrogen functional groups attached to an aromatic ring is 1. The van der Waals surface area contributed by atoms with Gasteiger partial charge < -0.3 is 15.7 Å². The molecular weight excluding hydrogens is 452 g/mol. The summed E-state index contributed by atoms with van der Waals surface area (Å²) >= 11 is 6.62. The van der Waals surface area contributed by atoms with Crippen LogP contribution in [0.3, 0.4) is 0 Å². The molecule has 1 aliphatic heterocycles. The highest BCUT2D eigenvalue weighted by molar-refractivity contribution is 6.34. The molecule has 3 aromatic rings. The number of nitrogens with two attached hydrogens (primary N) is 1. The first kappa shape index (κ1) is 24.1. The number of aryl methyl sites for hydroxylation is 1. The number of carbonyl (C=O) groups is 1. The molecule has 1 amide bonds. The molecule has 1 fully saturated rings. The van der Waals surface area contributed by atoms with Gasteiger partial charge in [0, 0.05) is 55.6 Å². The lowest BCUT2D eigenvalue weighted by molar-refractivity contribution is 0.0554. The number of hydrogen-bond acceptors (Lipinski definition) is 7. The number of anilines is 1. The molecule has 178 valence electrons. The highest BCUT2D eigenvalue weighted by Gasteiger charge is 2.25. The van der Waals surface area contributed by atoms with E-state index in [0.717, 1.165) is 47.6 Å². The Morgan fingerprint density at radius 1 is 1.12 bits per heavy atom. The summed E-state index contributed by atoms with van der Waals surface area (Å²) in [5.41, 5.74) is 10.4. The van der Waals surface area contributed by atoms with Crippen molar-refractivity contribution in [2.45, 2.75) is 26.4 Å². The average Bonchev–Trinajstić information content (AvgIpc) is 2.84. The quantitative estimate of drug-likeness (QED) is 0.557. The predicted molar refractivity (Wildman–Crippen MR) is 134 cm³/mol. The van der Waals surface area contributed by atoms with E-state index >= 15 is 0 Å². The van der Waals surface area contributed by atoms with Crippen molar-refractivity contribution in [2.24, 2.45) is 0 Å². The molecule has 0 bridgehead atoms. The molecule has 3 N–H and O–H groups in total. The number of halogens is 1. The summed E-state index contributed by atoms with van der Waals surface area (Å²) in [5.74, 6) is 0.353. The fourth-order valence-corrected chi connectivity index (χ4v) is 4.54. The van der Waals surface area contributed by atoms with Crippen molar-refractivity contribution in [2.75, 3.05) is 38.5 Å². The Morgan fingerprint density at radius 3 is 2.47 bits per heavy atom. The Hall–Kier alpha value is -3.07. The summed E-state index contributed by atoms with van der Waals surface area (Å²) in [4.78, 5) is 30.3. The van der Waals surface area contributed by atoms with Crippen molar-refractivity contribution in [3.8, 4) is 22.4 Å². The summed E-state index contributed by atoms with van der Waals surface area (Å²) in [7, 11) is 0. The van der Waals surface area contributed by atoms with Crippen LogP contribution in [0, 0.1) is 0 Å². The molecule has 1 aromatic carbocycles. The van der Waals surface area contributed by atoms with E-state index in [0.29, 0.717) is 36.0 Å². The molecule has 1 unspecified atom stereocenters. The maximum Gasteiger partial charge on any atom is 0.255 e. The Morgan fingerprint density at radius 2 is 1.85 bits per heavy atom. The van der Waals surface area contributed by atoms with Crippen LogP contribution in [0.25, 0.3) is 22.4 Å². The molecule has 1 atom stereocenters. The van der Waals surface area contributed by atoms with E-state index in [1.165, 1.54) is 0 Å². The molecule has 8 nitrogen and oxygen atoms in total. The van der Waals surface area contributed by atoms with Gasteiger partial charge in [-0.1, -0.05) is 24.6 Å². The van der Waals surface area contributed by atoms with Crippen LogP contribution in [0.15, 0.2) is 42.9 Å². The number of piperazine rings is 1. The predicted octanol–water partition coefficient (Wildman–Crippen LogP) is 3.14. The van der Waals surface area contributed by atoms with Gasteiger partial charge >= 0.3 is 0 Å². The van der Waals surface area contributed by atoms with Gasteiger partial charge in [-0.2, -0.15) is 0 Å². The molecule has 4 rings (SSSR count). The minimum Gasteiger partial charge on any atom is -0.392 e. The number of β-amino-alcohol motifs (C(OH)–C–C–N with tert-alkyl or cyclic N) is 1. The fourth-order valence-electron chi connectivity index (χ4n) is 4.28. The number of benzene rings is 1. The van der Waals surface area contributed by atoms with E-state index in [-0.39, 0.29) is 12.0 Å². The van der Waals surface area contributed by atoms with E-state index in [9.17, 15) is 9.90 Å². The lowest BCUT2D eigenvalue weighted by Crippen LogP contribution is -2.50. The largest absolute Gasteiger partial charge is 0.392 e. The Kier molecular flexibility index (Phi) is 7.41. The highest BCUT2D eigenvalue weighted by atomic mass is 35.5. The summed E-state index contributed by atoms with van der Waals surface area (Å²) in [6, 6.07) is 9.08. The van der Waals surface area contributed by atoms with Gasteiger partial charge in [-0.05, 0) is 37.6 Å². The van der Waals surface area contributed by atoms with Gasteiger partial charge in [-0.3, -0.25) is 9.69 Å². The van der Waals surface area contributed by atoms with Crippen LogP contribution < -0.4 is 5.73 Å². The van der Waals surface area contributed by atoms with Crippen molar-refractivity contribution in [1.82, 2.24) is 24.8 Å². The smallest absolute Gasteiger partial charge is 0.255 e. The number of rotatable bonds is 6. The Balaban J connectivity index is 1.61. The number of aromatic nitrogens is 3. The second-order valence-corrected chi connectivity index (χ2v) is 8.91. The zero-order valence-electron chi connectivity index (χ0n) is 19.4. The maximum atomic E-state index is 13.1. The molecule has 0 radical (unpaired) electrons. The van der Waals surface area contributed by atoms with Gasteiger partial charge in [0.2, 0.25) is 0 Å². The minimum absolute atomic E-state index is 0.0897. The van der Waals surface area contributed by atoms with Crippen LogP contribution in [-0.2, 0) is 6.42 Å². The first-order chi connectivity index (χ1) is 16.4. The van der Waals surface area contributed by atoms with Crippen molar-refractivity contribution < 1.29 is 9.90 Å². The number of nitrogens with zero attached hydrogens (tertiary/aromatic N) is 5. The van der Waals surface area contributed by atoms with Gasteiger partial charge in [0.05, 0.1) is 28.1 Å². The number of aliphatic hydroxyl groups is 1. The SMILES string of the molecule is CCc1ncnc(-c2ccc(C(=O)N3CCN(CC(C)O)CC3)c(Cl)c2)c1-c1ccc(N)nc1. The van der Waals surface area contributed by atoms with Gasteiger partial charge in [0.1, 0.15) is 12.1 Å². The molecule has 1 saturated heterocycles. The number of pyridine rings is 1. The van der Waals surface area contributed by atoms with Crippen molar-refractivity contribution in [1.29, 1.82) is 0 Å². The molecular formula is C25H29ClN6O2. The van der Waals surface area contributed by atoms with Crippen molar-refractivity contribution in [3.63, 3.8) is 0 Å². The Labute approximate surface area is 204 Å². The van der Waals surface area contributed by atoms with Crippen LogP contribution in [0.5, 0.6) is 0 Å². The standard InChI is InChI=1S/C25H29ClN6O2/c1-3-21-23(18-5-7-22(27)28-13-18)24(30-15-29-21)17-4-6-19(20(26)12-17)25(34)32-10-8-31(9-11-32)14-16(2)33/h4-7,12-13,15-16,33H,3,8-11,14H2,1-2H3,(H2,27,28). The minimum atomic E-state index is -0.381.